The van der Waals surface area contributed by atoms with Gasteiger partial charge in [0.25, 0.3) is 5.91 Å². The fraction of sp³-hybridized carbons (Fsp3) is 0.280. The topological polar surface area (TPSA) is 57.7 Å². The molecular formula is C25H25F3N4O2. The van der Waals surface area contributed by atoms with Crippen LogP contribution in [0, 0.1) is 0 Å². The Morgan fingerprint density at radius 1 is 1.00 bits per heavy atom. The second-order valence-electron chi connectivity index (χ2n) is 8.01. The number of alkyl halides is 3. The molecule has 1 fully saturated rings. The first-order valence-electron chi connectivity index (χ1n) is 10.9. The van der Waals surface area contributed by atoms with Crippen LogP contribution in [0.1, 0.15) is 21.5 Å². The molecule has 0 bridgehead atoms. The molecule has 2 aromatic carbocycles. The first-order valence-corrected chi connectivity index (χ1v) is 10.9. The van der Waals surface area contributed by atoms with E-state index in [1.807, 2.05) is 24.3 Å². The molecule has 1 aromatic heterocycles. The molecule has 1 N–H and O–H groups in total. The van der Waals surface area contributed by atoms with Crippen molar-refractivity contribution in [2.75, 3.05) is 43.5 Å². The number of ether oxygens (including phenoxy) is 1. The van der Waals surface area contributed by atoms with Crippen molar-refractivity contribution in [1.82, 2.24) is 9.88 Å². The number of halogens is 3. The molecule has 0 unspecified atom stereocenters. The largest absolute Gasteiger partial charge is 0.496 e. The number of piperazine rings is 1. The predicted molar refractivity (Wildman–Crippen MR) is 124 cm³/mol. The summed E-state index contributed by atoms with van der Waals surface area (Å²) in [6.45, 7) is 4.22. The van der Waals surface area contributed by atoms with E-state index in [9.17, 15) is 18.0 Å². The third-order valence-electron chi connectivity index (χ3n) is 5.76. The van der Waals surface area contributed by atoms with E-state index in [0.29, 0.717) is 5.69 Å². The smallest absolute Gasteiger partial charge is 0.416 e. The molecule has 0 atom stereocenters. The number of hydrogen-bond donors (Lipinski definition) is 1. The molecular weight excluding hydrogens is 445 g/mol. The maximum atomic E-state index is 12.7. The van der Waals surface area contributed by atoms with Gasteiger partial charge in [-0.2, -0.15) is 13.2 Å². The van der Waals surface area contributed by atoms with Crippen molar-refractivity contribution in [2.24, 2.45) is 0 Å². The fourth-order valence-corrected chi connectivity index (χ4v) is 3.87. The molecule has 1 saturated heterocycles. The Morgan fingerprint density at radius 3 is 2.32 bits per heavy atom. The van der Waals surface area contributed by atoms with Gasteiger partial charge in [-0.05, 0) is 42.5 Å². The summed E-state index contributed by atoms with van der Waals surface area (Å²) in [5.74, 6) is 1.21. The van der Waals surface area contributed by atoms with Crippen LogP contribution >= 0.6 is 0 Å². The molecule has 1 amide bonds. The van der Waals surface area contributed by atoms with Gasteiger partial charge in [-0.15, -0.1) is 0 Å². The Kier molecular flexibility index (Phi) is 7.02. The Balaban J connectivity index is 1.30. The van der Waals surface area contributed by atoms with Gasteiger partial charge in [0.15, 0.2) is 0 Å². The number of benzene rings is 2. The standard InChI is InChI=1S/C25H25F3N4O2/c1-34-22-5-3-2-4-19(22)17-31-12-14-32(15-13-31)23-11-10-21(16-29-23)30-24(33)18-6-8-20(9-7-18)25(26,27)28/h2-11,16H,12-15,17H2,1H3,(H,30,33). The molecule has 1 aliphatic heterocycles. The quantitative estimate of drug-likeness (QED) is 0.567. The Hall–Kier alpha value is -3.59. The molecule has 0 radical (unpaired) electrons. The van der Waals surface area contributed by atoms with Crippen molar-refractivity contribution in [3.8, 4) is 5.75 Å². The minimum atomic E-state index is -4.44. The molecule has 1 aliphatic rings. The second-order valence-corrected chi connectivity index (χ2v) is 8.01. The monoisotopic (exact) mass is 470 g/mol. The van der Waals surface area contributed by atoms with Crippen LogP contribution in [0.3, 0.4) is 0 Å². The van der Waals surface area contributed by atoms with Gasteiger partial charge >= 0.3 is 6.18 Å². The number of rotatable bonds is 6. The number of nitrogens with zero attached hydrogens (tertiary/aromatic N) is 3. The highest BCUT2D eigenvalue weighted by atomic mass is 19.4. The van der Waals surface area contributed by atoms with Crippen molar-refractivity contribution < 1.29 is 22.7 Å². The van der Waals surface area contributed by atoms with E-state index in [4.69, 9.17) is 4.74 Å². The zero-order valence-corrected chi connectivity index (χ0v) is 18.7. The van der Waals surface area contributed by atoms with E-state index in [1.165, 1.54) is 0 Å². The van der Waals surface area contributed by atoms with Gasteiger partial charge in [-0.25, -0.2) is 4.98 Å². The van der Waals surface area contributed by atoms with Crippen LogP contribution in [0.4, 0.5) is 24.7 Å². The van der Waals surface area contributed by atoms with Gasteiger partial charge in [0.05, 0.1) is 24.6 Å². The molecule has 6 nitrogen and oxygen atoms in total. The van der Waals surface area contributed by atoms with E-state index in [2.05, 4.69) is 26.2 Å². The highest BCUT2D eigenvalue weighted by Crippen LogP contribution is 2.29. The number of nitrogens with one attached hydrogen (secondary N) is 1. The van der Waals surface area contributed by atoms with E-state index >= 15 is 0 Å². The van der Waals surface area contributed by atoms with Crippen molar-refractivity contribution in [3.63, 3.8) is 0 Å². The number of hydrogen-bond acceptors (Lipinski definition) is 5. The SMILES string of the molecule is COc1ccccc1CN1CCN(c2ccc(NC(=O)c3ccc(C(F)(F)F)cc3)cn2)CC1. The van der Waals surface area contributed by atoms with Crippen molar-refractivity contribution in [1.29, 1.82) is 0 Å². The van der Waals surface area contributed by atoms with Crippen LogP contribution in [0.15, 0.2) is 66.9 Å². The van der Waals surface area contributed by atoms with Crippen molar-refractivity contribution in [3.05, 3.63) is 83.6 Å². The summed E-state index contributed by atoms with van der Waals surface area (Å²) in [6, 6.07) is 15.7. The van der Waals surface area contributed by atoms with E-state index < -0.39 is 17.6 Å². The fourth-order valence-electron chi connectivity index (χ4n) is 3.87. The van der Waals surface area contributed by atoms with Crippen LogP contribution in [-0.4, -0.2) is 49.1 Å². The lowest BCUT2D eigenvalue weighted by atomic mass is 10.1. The van der Waals surface area contributed by atoms with Gasteiger partial charge in [0, 0.05) is 43.9 Å². The highest BCUT2D eigenvalue weighted by molar-refractivity contribution is 6.04. The van der Waals surface area contributed by atoms with Gasteiger partial charge in [-0.3, -0.25) is 9.69 Å². The van der Waals surface area contributed by atoms with E-state index in [-0.39, 0.29) is 5.56 Å². The Labute approximate surface area is 196 Å². The number of aromatic nitrogens is 1. The number of methoxy groups -OCH3 is 1. The summed E-state index contributed by atoms with van der Waals surface area (Å²) < 4.78 is 43.5. The van der Waals surface area contributed by atoms with Crippen LogP contribution in [-0.2, 0) is 12.7 Å². The second kappa shape index (κ2) is 10.1. The number of para-hydroxylation sites is 1. The summed E-state index contributed by atoms with van der Waals surface area (Å²) in [7, 11) is 1.68. The normalized spacial score (nSPS) is 14.6. The Morgan fingerprint density at radius 2 is 1.71 bits per heavy atom. The molecule has 3 aromatic rings. The Bertz CT molecular complexity index is 1110. The first-order chi connectivity index (χ1) is 16.3. The van der Waals surface area contributed by atoms with Crippen molar-refractivity contribution in [2.45, 2.75) is 12.7 Å². The molecule has 9 heteroatoms. The number of carbonyl (C=O) groups is 1. The van der Waals surface area contributed by atoms with Crippen LogP contribution < -0.4 is 15.0 Å². The summed E-state index contributed by atoms with van der Waals surface area (Å²) in [5.41, 5.74) is 0.981. The third-order valence-corrected chi connectivity index (χ3v) is 5.76. The molecule has 0 aliphatic carbocycles. The maximum Gasteiger partial charge on any atom is 0.416 e. The van der Waals surface area contributed by atoms with Gasteiger partial charge in [0.2, 0.25) is 0 Å². The summed E-state index contributed by atoms with van der Waals surface area (Å²) >= 11 is 0. The number of amides is 1. The zero-order chi connectivity index (χ0) is 24.1. The summed E-state index contributed by atoms with van der Waals surface area (Å²) in [4.78, 5) is 21.4. The number of anilines is 2. The minimum absolute atomic E-state index is 0.142. The summed E-state index contributed by atoms with van der Waals surface area (Å²) in [5, 5.41) is 2.67. The molecule has 0 saturated carbocycles. The van der Waals surface area contributed by atoms with E-state index in [1.54, 1.807) is 19.4 Å². The lowest BCUT2D eigenvalue weighted by Gasteiger charge is -2.35. The van der Waals surface area contributed by atoms with Gasteiger partial charge < -0.3 is 15.0 Å². The highest BCUT2D eigenvalue weighted by Gasteiger charge is 2.30. The molecule has 34 heavy (non-hydrogen) atoms. The number of carbonyl (C=O) groups excluding carboxylic acids is 1. The lowest BCUT2D eigenvalue weighted by molar-refractivity contribution is -0.137. The maximum absolute atomic E-state index is 12.7. The molecule has 178 valence electrons. The number of pyridine rings is 1. The summed E-state index contributed by atoms with van der Waals surface area (Å²) in [6.07, 6.45) is -2.88. The average Bonchev–Trinajstić information content (AvgIpc) is 2.85. The molecule has 0 spiro atoms. The molecule has 4 rings (SSSR count). The van der Waals surface area contributed by atoms with Crippen LogP contribution in [0.5, 0.6) is 5.75 Å². The van der Waals surface area contributed by atoms with Crippen molar-refractivity contribution >= 4 is 17.4 Å². The first kappa shape index (κ1) is 23.6. The lowest BCUT2D eigenvalue weighted by Crippen LogP contribution is -2.46. The molecule has 2 heterocycles. The minimum Gasteiger partial charge on any atom is -0.496 e. The predicted octanol–water partition coefficient (Wildman–Crippen LogP) is 4.68. The van der Waals surface area contributed by atoms with Gasteiger partial charge in [-0.1, -0.05) is 18.2 Å². The van der Waals surface area contributed by atoms with Crippen LogP contribution in [0.2, 0.25) is 0 Å². The van der Waals surface area contributed by atoms with E-state index in [0.717, 1.165) is 74.1 Å². The van der Waals surface area contributed by atoms with Gasteiger partial charge in [0.1, 0.15) is 11.6 Å². The third kappa shape index (κ3) is 5.66. The average molecular weight is 470 g/mol. The van der Waals surface area contributed by atoms with Crippen LogP contribution in [0.25, 0.3) is 0 Å². The zero-order valence-electron chi connectivity index (χ0n) is 18.7.